The number of hydrogen-bond acceptors (Lipinski definition) is 7. The molecule has 8 nitrogen and oxygen atoms in total. The number of halogens is 2. The molecule has 2 aromatic carbocycles. The van der Waals surface area contributed by atoms with E-state index in [2.05, 4.69) is 15.0 Å². The first kappa shape index (κ1) is 23.3. The third kappa shape index (κ3) is 5.86. The minimum atomic E-state index is -4.15. The summed E-state index contributed by atoms with van der Waals surface area (Å²) in [6, 6.07) is 7.68. The molecule has 2 N–H and O–H groups in total. The number of ether oxygens (including phenoxy) is 1. The van der Waals surface area contributed by atoms with Crippen molar-refractivity contribution in [3.63, 3.8) is 0 Å². The van der Waals surface area contributed by atoms with Gasteiger partial charge in [-0.05, 0) is 49.4 Å². The Hall–Kier alpha value is -3.38. The van der Waals surface area contributed by atoms with Crippen LogP contribution >= 0.6 is 11.3 Å². The molecule has 3 rings (SSSR count). The van der Waals surface area contributed by atoms with Crippen molar-refractivity contribution in [2.45, 2.75) is 18.2 Å². The maximum absolute atomic E-state index is 13.3. The minimum absolute atomic E-state index is 0.00694. The molecule has 1 amide bonds. The Balaban J connectivity index is 1.64. The van der Waals surface area contributed by atoms with Crippen molar-refractivity contribution < 1.29 is 31.5 Å². The average molecular weight is 482 g/mol. The van der Waals surface area contributed by atoms with Crippen LogP contribution in [0.5, 0.6) is 0 Å². The maximum atomic E-state index is 13.3. The molecule has 0 aliphatic heterocycles. The number of carbonyl (C=O) groups excluding carboxylic acids is 2. The summed E-state index contributed by atoms with van der Waals surface area (Å²) >= 11 is 1.14. The Bertz CT molecular complexity index is 1240. The van der Waals surface area contributed by atoms with Gasteiger partial charge in [0.1, 0.15) is 0 Å². The summed E-state index contributed by atoms with van der Waals surface area (Å²) in [5.74, 6) is -3.35. The van der Waals surface area contributed by atoms with Crippen molar-refractivity contribution in [3.05, 3.63) is 70.7 Å². The number of rotatable bonds is 8. The monoisotopic (exact) mass is 481 g/mol. The van der Waals surface area contributed by atoms with Crippen LogP contribution in [-0.2, 0) is 26.0 Å². The van der Waals surface area contributed by atoms with Crippen LogP contribution in [0, 0.1) is 11.6 Å². The molecule has 0 radical (unpaired) electrons. The highest BCUT2D eigenvalue weighted by atomic mass is 32.2. The standard InChI is InChI=1S/C20H17F2N3O5S2/c1-2-30-18(26)9-14-11-31-20(23-14)24-19(27)12-3-5-13(6-4-12)25-32(28,29)15-7-8-16(21)17(22)10-15/h3-8,10-11,25H,2,9H2,1H3,(H,23,24,27). The molecular weight excluding hydrogens is 464 g/mol. The number of carbonyl (C=O) groups is 2. The SMILES string of the molecule is CCOC(=O)Cc1csc(NC(=O)c2ccc(NS(=O)(=O)c3ccc(F)c(F)c3)cc2)n1. The number of hydrogen-bond donors (Lipinski definition) is 2. The summed E-state index contributed by atoms with van der Waals surface area (Å²) in [6.07, 6.45) is -0.00694. The minimum Gasteiger partial charge on any atom is -0.466 e. The van der Waals surface area contributed by atoms with E-state index in [0.29, 0.717) is 17.8 Å². The number of aromatic nitrogens is 1. The lowest BCUT2D eigenvalue weighted by atomic mass is 10.2. The molecule has 168 valence electrons. The lowest BCUT2D eigenvalue weighted by Crippen LogP contribution is -2.14. The first-order chi connectivity index (χ1) is 15.2. The van der Waals surface area contributed by atoms with E-state index in [1.54, 1.807) is 12.3 Å². The van der Waals surface area contributed by atoms with Gasteiger partial charge in [0.15, 0.2) is 16.8 Å². The van der Waals surface area contributed by atoms with Gasteiger partial charge in [-0.2, -0.15) is 0 Å². The zero-order valence-electron chi connectivity index (χ0n) is 16.6. The van der Waals surface area contributed by atoms with E-state index in [0.717, 1.165) is 17.4 Å². The van der Waals surface area contributed by atoms with Crippen LogP contribution in [-0.4, -0.2) is 31.9 Å². The van der Waals surface area contributed by atoms with E-state index in [4.69, 9.17) is 4.74 Å². The Morgan fingerprint density at radius 1 is 1.09 bits per heavy atom. The topological polar surface area (TPSA) is 114 Å². The Kier molecular flexibility index (Phi) is 7.15. The number of benzene rings is 2. The lowest BCUT2D eigenvalue weighted by molar-refractivity contribution is -0.142. The van der Waals surface area contributed by atoms with E-state index in [1.807, 2.05) is 0 Å². The van der Waals surface area contributed by atoms with Crippen LogP contribution in [0.1, 0.15) is 23.0 Å². The lowest BCUT2D eigenvalue weighted by Gasteiger charge is -2.09. The Labute approximate surface area is 186 Å². The quantitative estimate of drug-likeness (QED) is 0.476. The summed E-state index contributed by atoms with van der Waals surface area (Å²) in [7, 11) is -4.15. The molecule has 0 saturated carbocycles. The van der Waals surface area contributed by atoms with Crippen molar-refractivity contribution in [2.75, 3.05) is 16.6 Å². The van der Waals surface area contributed by atoms with Crippen molar-refractivity contribution in [3.8, 4) is 0 Å². The molecule has 0 saturated heterocycles. The van der Waals surface area contributed by atoms with Gasteiger partial charge in [-0.15, -0.1) is 11.3 Å². The summed E-state index contributed by atoms with van der Waals surface area (Å²) in [6.45, 7) is 1.96. The zero-order chi connectivity index (χ0) is 23.3. The second kappa shape index (κ2) is 9.83. The van der Waals surface area contributed by atoms with E-state index < -0.39 is 38.4 Å². The van der Waals surface area contributed by atoms with E-state index in [-0.39, 0.29) is 29.4 Å². The van der Waals surface area contributed by atoms with Gasteiger partial charge in [0, 0.05) is 16.6 Å². The van der Waals surface area contributed by atoms with Crippen molar-refractivity contribution in [1.82, 2.24) is 4.98 Å². The number of anilines is 2. The van der Waals surface area contributed by atoms with Crippen LogP contribution in [0.25, 0.3) is 0 Å². The molecular formula is C20H17F2N3O5S2. The molecule has 0 aliphatic rings. The van der Waals surface area contributed by atoms with Crippen LogP contribution in [0.15, 0.2) is 52.7 Å². The molecule has 32 heavy (non-hydrogen) atoms. The summed E-state index contributed by atoms with van der Waals surface area (Å²) in [5.41, 5.74) is 0.811. The average Bonchev–Trinajstić information content (AvgIpc) is 3.16. The van der Waals surface area contributed by atoms with E-state index >= 15 is 0 Å². The van der Waals surface area contributed by atoms with Crippen LogP contribution < -0.4 is 10.0 Å². The molecule has 0 bridgehead atoms. The molecule has 1 heterocycles. The van der Waals surface area contributed by atoms with Gasteiger partial charge in [0.25, 0.3) is 15.9 Å². The third-order valence-electron chi connectivity index (χ3n) is 4.00. The van der Waals surface area contributed by atoms with Gasteiger partial charge in [-0.25, -0.2) is 22.2 Å². The Morgan fingerprint density at radius 3 is 2.47 bits per heavy atom. The van der Waals surface area contributed by atoms with Crippen LogP contribution in [0.2, 0.25) is 0 Å². The van der Waals surface area contributed by atoms with Crippen LogP contribution in [0.3, 0.4) is 0 Å². The number of amides is 1. The van der Waals surface area contributed by atoms with Gasteiger partial charge in [0.2, 0.25) is 0 Å². The normalized spacial score (nSPS) is 11.1. The highest BCUT2D eigenvalue weighted by Gasteiger charge is 2.17. The highest BCUT2D eigenvalue weighted by molar-refractivity contribution is 7.92. The first-order valence-electron chi connectivity index (χ1n) is 9.17. The molecule has 0 aliphatic carbocycles. The second-order valence-electron chi connectivity index (χ2n) is 6.34. The molecule has 1 aromatic heterocycles. The van der Waals surface area contributed by atoms with Gasteiger partial charge in [-0.3, -0.25) is 19.6 Å². The number of nitrogens with zero attached hydrogens (tertiary/aromatic N) is 1. The van der Waals surface area contributed by atoms with Crippen molar-refractivity contribution in [2.24, 2.45) is 0 Å². The summed E-state index contributed by atoms with van der Waals surface area (Å²) in [5, 5.41) is 4.51. The van der Waals surface area contributed by atoms with Gasteiger partial charge in [-0.1, -0.05) is 0 Å². The summed E-state index contributed by atoms with van der Waals surface area (Å²) in [4.78, 5) is 27.6. The maximum Gasteiger partial charge on any atom is 0.311 e. The van der Waals surface area contributed by atoms with Gasteiger partial charge < -0.3 is 4.74 Å². The molecule has 0 spiro atoms. The molecule has 0 atom stereocenters. The Morgan fingerprint density at radius 2 is 1.81 bits per heavy atom. The largest absolute Gasteiger partial charge is 0.466 e. The fraction of sp³-hybridized carbons (Fsp3) is 0.150. The van der Waals surface area contributed by atoms with Gasteiger partial charge >= 0.3 is 5.97 Å². The van der Waals surface area contributed by atoms with Crippen molar-refractivity contribution in [1.29, 1.82) is 0 Å². The number of thiazole rings is 1. The van der Waals surface area contributed by atoms with E-state index in [9.17, 15) is 26.8 Å². The van der Waals surface area contributed by atoms with Gasteiger partial charge in [0.05, 0.1) is 23.6 Å². The molecule has 0 fully saturated rings. The summed E-state index contributed by atoms with van der Waals surface area (Å²) < 4.78 is 58.1. The molecule has 3 aromatic rings. The fourth-order valence-electron chi connectivity index (χ4n) is 2.52. The number of sulfonamides is 1. The van der Waals surface area contributed by atoms with Crippen LogP contribution in [0.4, 0.5) is 19.6 Å². The molecule has 0 unspecified atom stereocenters. The van der Waals surface area contributed by atoms with E-state index in [1.165, 1.54) is 24.3 Å². The fourth-order valence-corrected chi connectivity index (χ4v) is 4.30. The highest BCUT2D eigenvalue weighted by Crippen LogP contribution is 2.20. The number of esters is 1. The van der Waals surface area contributed by atoms with Crippen molar-refractivity contribution >= 4 is 44.1 Å². The second-order valence-corrected chi connectivity index (χ2v) is 8.88. The number of nitrogens with one attached hydrogen (secondary N) is 2. The third-order valence-corrected chi connectivity index (χ3v) is 6.19. The predicted molar refractivity (Wildman–Crippen MR) is 114 cm³/mol. The molecule has 12 heteroatoms. The zero-order valence-corrected chi connectivity index (χ0v) is 18.2. The smallest absolute Gasteiger partial charge is 0.311 e. The first-order valence-corrected chi connectivity index (χ1v) is 11.5. The predicted octanol–water partition coefficient (Wildman–Crippen LogP) is 3.58.